The van der Waals surface area contributed by atoms with Crippen molar-refractivity contribution in [1.82, 2.24) is 9.88 Å². The Morgan fingerprint density at radius 3 is 2.62 bits per heavy atom. The summed E-state index contributed by atoms with van der Waals surface area (Å²) in [6, 6.07) is 18.3. The maximum Gasteiger partial charge on any atom is 0.267 e. The van der Waals surface area contributed by atoms with Crippen LogP contribution in [0.2, 0.25) is 0 Å². The fourth-order valence-electron chi connectivity index (χ4n) is 3.96. The van der Waals surface area contributed by atoms with E-state index in [2.05, 4.69) is 21.7 Å². The molecule has 8 nitrogen and oxygen atoms in total. The van der Waals surface area contributed by atoms with Crippen LogP contribution in [0.15, 0.2) is 66.9 Å². The van der Waals surface area contributed by atoms with Gasteiger partial charge in [-0.3, -0.25) is 19.5 Å². The van der Waals surface area contributed by atoms with Gasteiger partial charge in [0.1, 0.15) is 22.9 Å². The predicted molar refractivity (Wildman–Crippen MR) is 142 cm³/mol. The maximum absolute atomic E-state index is 11.9. The van der Waals surface area contributed by atoms with Gasteiger partial charge in [-0.2, -0.15) is 0 Å². The van der Waals surface area contributed by atoms with Crippen LogP contribution in [0.3, 0.4) is 0 Å². The van der Waals surface area contributed by atoms with E-state index >= 15 is 0 Å². The number of rotatable bonds is 4. The van der Waals surface area contributed by atoms with Crippen molar-refractivity contribution < 1.29 is 19.1 Å². The molecule has 1 fully saturated rings. The van der Waals surface area contributed by atoms with Gasteiger partial charge in [-0.05, 0) is 62.3 Å². The van der Waals surface area contributed by atoms with Gasteiger partial charge in [0.15, 0.2) is 0 Å². The van der Waals surface area contributed by atoms with Crippen LogP contribution in [-0.4, -0.2) is 55.0 Å². The van der Waals surface area contributed by atoms with E-state index < -0.39 is 5.91 Å². The van der Waals surface area contributed by atoms with Crippen molar-refractivity contribution in [2.45, 2.75) is 19.3 Å². The lowest BCUT2D eigenvalue weighted by Crippen LogP contribution is -2.25. The second-order valence-electron chi connectivity index (χ2n) is 8.67. The molecule has 2 amide bonds. The van der Waals surface area contributed by atoms with Crippen molar-refractivity contribution in [3.8, 4) is 29.1 Å². The molecule has 1 saturated heterocycles. The number of pyridine rings is 1. The van der Waals surface area contributed by atoms with Crippen LogP contribution in [0.5, 0.6) is 17.2 Å². The third-order valence-corrected chi connectivity index (χ3v) is 5.96. The molecule has 190 valence electrons. The van der Waals surface area contributed by atoms with Gasteiger partial charge < -0.3 is 20.1 Å². The van der Waals surface area contributed by atoms with Crippen LogP contribution in [0.1, 0.15) is 35.3 Å². The summed E-state index contributed by atoms with van der Waals surface area (Å²) in [6.45, 7) is 3.58. The minimum absolute atomic E-state index is 0.0796. The smallest absolute Gasteiger partial charge is 0.267 e. The van der Waals surface area contributed by atoms with Crippen LogP contribution in [0.25, 0.3) is 0 Å². The molecule has 0 spiro atoms. The number of amides is 2. The van der Waals surface area contributed by atoms with E-state index in [1.54, 1.807) is 18.0 Å². The van der Waals surface area contributed by atoms with E-state index in [0.29, 0.717) is 24.5 Å². The van der Waals surface area contributed by atoms with Gasteiger partial charge in [-0.1, -0.05) is 30.0 Å². The molecular weight excluding hydrogens is 468 g/mol. The number of fused-ring (bicyclic) bond motifs is 1. The Morgan fingerprint density at radius 2 is 1.86 bits per heavy atom. The summed E-state index contributed by atoms with van der Waals surface area (Å²) in [5.41, 5.74) is 7.05. The molecule has 0 bridgehead atoms. The number of aromatic nitrogens is 1. The average Bonchev–Trinajstić information content (AvgIpc) is 3.39. The second kappa shape index (κ2) is 12.6. The largest absolute Gasteiger partial charge is 0.491 e. The summed E-state index contributed by atoms with van der Waals surface area (Å²) in [4.78, 5) is 30.6. The Hall–Kier alpha value is -4.35. The monoisotopic (exact) mass is 498 g/mol. The molecule has 5 rings (SSSR count). The number of likely N-dealkylation sites (tertiary alicyclic amines) is 1. The van der Waals surface area contributed by atoms with Crippen molar-refractivity contribution in [3.05, 3.63) is 78.1 Å². The zero-order valence-electron chi connectivity index (χ0n) is 20.9. The molecule has 8 heteroatoms. The molecule has 2 aliphatic heterocycles. The van der Waals surface area contributed by atoms with Crippen LogP contribution in [-0.2, 0) is 4.79 Å². The minimum Gasteiger partial charge on any atom is -0.491 e. The number of carbonyl (C=O) groups is 2. The Balaban J connectivity index is 0.000000180. The molecular formula is C29H30N4O4. The highest BCUT2D eigenvalue weighted by Gasteiger charge is 2.19. The lowest BCUT2D eigenvalue weighted by atomic mass is 10.1. The van der Waals surface area contributed by atoms with Crippen LogP contribution in [0.4, 0.5) is 5.69 Å². The van der Waals surface area contributed by atoms with E-state index in [1.165, 1.54) is 25.1 Å². The molecule has 2 aromatic carbocycles. The summed E-state index contributed by atoms with van der Waals surface area (Å²) in [5, 5.41) is 0. The van der Waals surface area contributed by atoms with Gasteiger partial charge in [-0.25, -0.2) is 0 Å². The summed E-state index contributed by atoms with van der Waals surface area (Å²) < 4.78 is 11.1. The highest BCUT2D eigenvalue weighted by Crippen LogP contribution is 2.31. The van der Waals surface area contributed by atoms with E-state index in [9.17, 15) is 9.59 Å². The summed E-state index contributed by atoms with van der Waals surface area (Å²) in [6.07, 6.45) is 4.47. The van der Waals surface area contributed by atoms with Gasteiger partial charge in [0.25, 0.3) is 5.91 Å². The van der Waals surface area contributed by atoms with Crippen molar-refractivity contribution >= 4 is 17.5 Å². The van der Waals surface area contributed by atoms with E-state index in [1.807, 2.05) is 48.5 Å². The van der Waals surface area contributed by atoms with Crippen LogP contribution in [0, 0.1) is 11.8 Å². The van der Waals surface area contributed by atoms with Gasteiger partial charge in [0.05, 0.1) is 25.3 Å². The molecule has 2 aliphatic rings. The Labute approximate surface area is 217 Å². The predicted octanol–water partition coefficient (Wildman–Crippen LogP) is 3.85. The van der Waals surface area contributed by atoms with Crippen molar-refractivity contribution in [2.24, 2.45) is 5.73 Å². The Morgan fingerprint density at radius 1 is 1.08 bits per heavy atom. The quantitative estimate of drug-likeness (QED) is 0.549. The fourth-order valence-corrected chi connectivity index (χ4v) is 3.96. The molecule has 3 heterocycles. The highest BCUT2D eigenvalue weighted by molar-refractivity contribution is 5.95. The normalized spacial score (nSPS) is 14.7. The number of carbonyl (C=O) groups excluding carboxylic acids is 2. The van der Waals surface area contributed by atoms with Gasteiger partial charge in [0, 0.05) is 24.9 Å². The topological polar surface area (TPSA) is 98.0 Å². The number of hydrogen-bond acceptors (Lipinski definition) is 6. The lowest BCUT2D eigenvalue weighted by molar-refractivity contribution is -0.118. The van der Waals surface area contributed by atoms with Gasteiger partial charge >= 0.3 is 0 Å². The average molecular weight is 499 g/mol. The Kier molecular flexibility index (Phi) is 8.74. The number of benzene rings is 2. The van der Waals surface area contributed by atoms with Crippen molar-refractivity contribution in [1.29, 1.82) is 0 Å². The molecule has 37 heavy (non-hydrogen) atoms. The van der Waals surface area contributed by atoms with Crippen molar-refractivity contribution in [2.75, 3.05) is 38.2 Å². The number of hydrogen-bond donors (Lipinski definition) is 1. The SMILES string of the molecule is CN1C(=O)CCOc2ccc(C#CCN3CCCC3)cc21.NC(=O)c1cc(Oc2ccccc2)ccn1. The molecule has 0 aliphatic carbocycles. The van der Waals surface area contributed by atoms with E-state index in [4.69, 9.17) is 15.2 Å². The first-order valence-electron chi connectivity index (χ1n) is 12.2. The molecule has 1 aromatic heterocycles. The number of ether oxygens (including phenoxy) is 2. The number of primary amides is 1. The summed E-state index contributed by atoms with van der Waals surface area (Å²) >= 11 is 0. The number of nitrogens with zero attached hydrogens (tertiary/aromatic N) is 3. The zero-order chi connectivity index (χ0) is 26.0. The highest BCUT2D eigenvalue weighted by atomic mass is 16.5. The first kappa shape index (κ1) is 25.7. The van der Waals surface area contributed by atoms with E-state index in [0.717, 1.165) is 36.6 Å². The van der Waals surface area contributed by atoms with Crippen LogP contribution >= 0.6 is 0 Å². The molecule has 3 aromatic rings. The van der Waals surface area contributed by atoms with Gasteiger partial charge in [-0.15, -0.1) is 0 Å². The third-order valence-electron chi connectivity index (χ3n) is 5.96. The first-order valence-corrected chi connectivity index (χ1v) is 12.2. The number of anilines is 1. The molecule has 2 N–H and O–H groups in total. The second-order valence-corrected chi connectivity index (χ2v) is 8.67. The first-order chi connectivity index (χ1) is 18.0. The number of nitrogens with two attached hydrogens (primary N) is 1. The minimum atomic E-state index is -0.571. The third kappa shape index (κ3) is 7.32. The standard InChI is InChI=1S/C17H20N2O2.C12H10N2O2/c1-18-15-13-14(5-4-11-19-9-2-3-10-19)6-7-16(15)21-12-8-17(18)20;13-12(15)11-8-10(6-7-14-11)16-9-4-2-1-3-5-9/h6-7,13H,2-3,8-12H2,1H3;1-8H,(H2,13,15). The molecule has 0 radical (unpaired) electrons. The van der Waals surface area contributed by atoms with E-state index in [-0.39, 0.29) is 11.6 Å². The Bertz CT molecular complexity index is 1290. The zero-order valence-corrected chi connectivity index (χ0v) is 20.9. The lowest BCUT2D eigenvalue weighted by Gasteiger charge is -2.16. The number of para-hydroxylation sites is 1. The molecule has 0 saturated carbocycles. The molecule has 0 atom stereocenters. The fraction of sp³-hybridized carbons (Fsp3) is 0.276. The molecule has 0 unspecified atom stereocenters. The van der Waals surface area contributed by atoms with Crippen molar-refractivity contribution in [3.63, 3.8) is 0 Å². The summed E-state index contributed by atoms with van der Waals surface area (Å²) in [5.74, 6) is 7.92. The summed E-state index contributed by atoms with van der Waals surface area (Å²) in [7, 11) is 1.79. The maximum atomic E-state index is 11.9. The van der Waals surface area contributed by atoms with Crippen LogP contribution < -0.4 is 20.1 Å². The van der Waals surface area contributed by atoms with Gasteiger partial charge in [0.2, 0.25) is 5.91 Å².